The van der Waals surface area contributed by atoms with Crippen LogP contribution in [0.5, 0.6) is 0 Å². The van der Waals surface area contributed by atoms with Crippen LogP contribution in [-0.4, -0.2) is 16.2 Å². The Kier molecular flexibility index (Phi) is 5.89. The van der Waals surface area contributed by atoms with Crippen molar-refractivity contribution >= 4 is 17.6 Å². The molecule has 0 radical (unpaired) electrons. The van der Waals surface area contributed by atoms with Gasteiger partial charge in [0.05, 0.1) is 5.03 Å². The number of hydrogen-bond acceptors (Lipinski definition) is 2. The second-order valence-corrected chi connectivity index (χ2v) is 4.10. The quantitative estimate of drug-likeness (QED) is 0.450. The van der Waals surface area contributed by atoms with Crippen LogP contribution in [0.4, 0.5) is 0 Å². The number of aliphatic hydroxyl groups excluding tert-OH is 1. The number of halogens is 1. The Morgan fingerprint density at radius 2 is 1.75 bits per heavy atom. The van der Waals surface area contributed by atoms with Gasteiger partial charge in [-0.2, -0.15) is 0 Å². The van der Waals surface area contributed by atoms with E-state index in [1.54, 1.807) is 20.8 Å². The van der Waals surface area contributed by atoms with Crippen LogP contribution >= 0.6 is 11.6 Å². The van der Waals surface area contributed by atoms with E-state index in [0.29, 0.717) is 5.57 Å². The molecule has 0 saturated heterocycles. The zero-order valence-corrected chi connectivity index (χ0v) is 10.7. The van der Waals surface area contributed by atoms with Crippen LogP contribution in [0, 0.1) is 0 Å². The van der Waals surface area contributed by atoms with Gasteiger partial charge in [-0.3, -0.25) is 0 Å². The minimum absolute atomic E-state index is 0.0811. The summed E-state index contributed by atoms with van der Waals surface area (Å²) < 4.78 is 0. The van der Waals surface area contributed by atoms with Crippen LogP contribution in [0.1, 0.15) is 34.1 Å². The first-order valence-electron chi connectivity index (χ1n) is 4.98. The zero-order valence-electron chi connectivity index (χ0n) is 9.97. The number of carboxylic acid groups (broad SMARTS) is 1. The maximum Gasteiger partial charge on any atom is 0.339 e. The molecule has 90 valence electrons. The fourth-order valence-corrected chi connectivity index (χ4v) is 1.04. The van der Waals surface area contributed by atoms with Gasteiger partial charge in [-0.25, -0.2) is 4.79 Å². The van der Waals surface area contributed by atoms with Gasteiger partial charge in [0.1, 0.15) is 11.3 Å². The summed E-state index contributed by atoms with van der Waals surface area (Å²) in [6.07, 6.45) is 2.15. The van der Waals surface area contributed by atoms with E-state index in [9.17, 15) is 9.90 Å². The van der Waals surface area contributed by atoms with Gasteiger partial charge in [0.15, 0.2) is 0 Å². The van der Waals surface area contributed by atoms with E-state index in [4.69, 9.17) is 16.7 Å². The average Bonchev–Trinajstić information content (AvgIpc) is 2.22. The van der Waals surface area contributed by atoms with Gasteiger partial charge in [-0.1, -0.05) is 29.7 Å². The van der Waals surface area contributed by atoms with E-state index >= 15 is 0 Å². The summed E-state index contributed by atoms with van der Waals surface area (Å²) in [6.45, 7) is 7.11. The molecule has 0 rings (SSSR count). The Morgan fingerprint density at radius 1 is 1.25 bits per heavy atom. The fourth-order valence-electron chi connectivity index (χ4n) is 0.935. The largest absolute Gasteiger partial charge is 0.505 e. The molecule has 0 atom stereocenters. The lowest BCUT2D eigenvalue weighted by Crippen LogP contribution is -2.04. The van der Waals surface area contributed by atoms with Crippen molar-refractivity contribution in [3.05, 3.63) is 33.6 Å². The SMILES string of the molecule is CC/C(C)=C/C(C(=O)O)=C(/O)C(Cl)=C(C)C. The molecule has 0 fully saturated rings. The summed E-state index contributed by atoms with van der Waals surface area (Å²) in [6, 6.07) is 0. The van der Waals surface area contributed by atoms with E-state index in [1.165, 1.54) is 6.08 Å². The van der Waals surface area contributed by atoms with Crippen molar-refractivity contribution in [1.29, 1.82) is 0 Å². The highest BCUT2D eigenvalue weighted by Gasteiger charge is 2.15. The van der Waals surface area contributed by atoms with E-state index in [1.807, 2.05) is 6.92 Å². The summed E-state index contributed by atoms with van der Waals surface area (Å²) in [5.41, 5.74) is 1.35. The van der Waals surface area contributed by atoms with Crippen molar-refractivity contribution in [3.63, 3.8) is 0 Å². The van der Waals surface area contributed by atoms with E-state index < -0.39 is 5.97 Å². The van der Waals surface area contributed by atoms with E-state index in [2.05, 4.69) is 0 Å². The molecule has 0 aliphatic carbocycles. The van der Waals surface area contributed by atoms with Gasteiger partial charge in [0.25, 0.3) is 0 Å². The second-order valence-electron chi connectivity index (χ2n) is 3.73. The van der Waals surface area contributed by atoms with Crippen molar-refractivity contribution in [2.24, 2.45) is 0 Å². The number of aliphatic hydroxyl groups is 1. The fraction of sp³-hybridized carbons (Fsp3) is 0.417. The molecule has 3 nitrogen and oxygen atoms in total. The van der Waals surface area contributed by atoms with Gasteiger partial charge in [0, 0.05) is 0 Å². The highest BCUT2D eigenvalue weighted by molar-refractivity contribution is 6.32. The summed E-state index contributed by atoms with van der Waals surface area (Å²) >= 11 is 5.81. The number of allylic oxidation sites excluding steroid dienone is 3. The number of hydrogen-bond donors (Lipinski definition) is 2. The van der Waals surface area contributed by atoms with Crippen LogP contribution < -0.4 is 0 Å². The molecule has 0 aliphatic rings. The highest BCUT2D eigenvalue weighted by Crippen LogP contribution is 2.22. The van der Waals surface area contributed by atoms with Crippen molar-refractivity contribution in [3.8, 4) is 0 Å². The summed E-state index contributed by atoms with van der Waals surface area (Å²) in [5, 5.41) is 18.8. The predicted octanol–water partition coefficient (Wildman–Crippen LogP) is 3.77. The minimum Gasteiger partial charge on any atom is -0.505 e. The molecule has 0 unspecified atom stereocenters. The molecule has 0 aromatic carbocycles. The monoisotopic (exact) mass is 244 g/mol. The van der Waals surface area contributed by atoms with Crippen molar-refractivity contribution in [1.82, 2.24) is 0 Å². The molecule has 0 saturated carbocycles. The normalized spacial score (nSPS) is 13.2. The van der Waals surface area contributed by atoms with Gasteiger partial charge >= 0.3 is 5.97 Å². The lowest BCUT2D eigenvalue weighted by atomic mass is 10.1. The lowest BCUT2D eigenvalue weighted by molar-refractivity contribution is -0.132. The van der Waals surface area contributed by atoms with Gasteiger partial charge in [-0.05, 0) is 33.3 Å². The first-order valence-corrected chi connectivity index (χ1v) is 5.36. The first kappa shape index (κ1) is 14.8. The number of carboxylic acids is 1. The molecular formula is C12H17ClO3. The molecule has 0 amide bonds. The smallest absolute Gasteiger partial charge is 0.339 e. The Morgan fingerprint density at radius 3 is 2.06 bits per heavy atom. The Labute approximate surface area is 101 Å². The summed E-state index contributed by atoms with van der Waals surface area (Å²) in [5.74, 6) is -1.58. The third kappa shape index (κ3) is 4.11. The minimum atomic E-state index is -1.19. The third-order valence-corrected chi connectivity index (χ3v) is 2.64. The van der Waals surface area contributed by atoms with Crippen LogP contribution in [-0.2, 0) is 4.79 Å². The molecule has 0 aromatic rings. The predicted molar refractivity (Wildman–Crippen MR) is 65.6 cm³/mol. The van der Waals surface area contributed by atoms with Crippen LogP contribution in [0.2, 0.25) is 0 Å². The van der Waals surface area contributed by atoms with Crippen LogP contribution in [0.25, 0.3) is 0 Å². The van der Waals surface area contributed by atoms with Crippen molar-refractivity contribution in [2.75, 3.05) is 0 Å². The van der Waals surface area contributed by atoms with Gasteiger partial charge < -0.3 is 10.2 Å². The maximum atomic E-state index is 11.0. The van der Waals surface area contributed by atoms with E-state index in [0.717, 1.165) is 12.0 Å². The van der Waals surface area contributed by atoms with Crippen molar-refractivity contribution in [2.45, 2.75) is 34.1 Å². The Bertz CT molecular complexity index is 372. The zero-order chi connectivity index (χ0) is 12.9. The second kappa shape index (κ2) is 6.38. The standard InChI is InChI=1S/C12H17ClO3/c1-5-8(4)6-9(12(15)16)11(14)10(13)7(2)3/h6,14H,5H2,1-4H3,(H,15,16)/b8-6+,11-9-. The molecule has 0 aromatic heterocycles. The molecule has 4 heteroatoms. The molecule has 0 bridgehead atoms. The van der Waals surface area contributed by atoms with Crippen LogP contribution in [0.15, 0.2) is 33.6 Å². The van der Waals surface area contributed by atoms with Gasteiger partial charge in [-0.15, -0.1) is 0 Å². The third-order valence-electron chi connectivity index (χ3n) is 2.08. The van der Waals surface area contributed by atoms with Crippen LogP contribution in [0.3, 0.4) is 0 Å². The molecule has 0 spiro atoms. The first-order chi connectivity index (χ1) is 7.31. The average molecular weight is 245 g/mol. The lowest BCUT2D eigenvalue weighted by Gasteiger charge is -2.05. The Hall–Kier alpha value is -1.22. The maximum absolute atomic E-state index is 11.0. The molecule has 0 aliphatic heterocycles. The summed E-state index contributed by atoms with van der Waals surface area (Å²) in [4.78, 5) is 11.0. The number of rotatable bonds is 4. The summed E-state index contributed by atoms with van der Waals surface area (Å²) in [7, 11) is 0. The topological polar surface area (TPSA) is 57.5 Å². The van der Waals surface area contributed by atoms with E-state index in [-0.39, 0.29) is 16.4 Å². The molecular weight excluding hydrogens is 228 g/mol. The highest BCUT2D eigenvalue weighted by atomic mass is 35.5. The molecule has 16 heavy (non-hydrogen) atoms. The van der Waals surface area contributed by atoms with Gasteiger partial charge in [0.2, 0.25) is 0 Å². The Balaban J connectivity index is 5.61. The van der Waals surface area contributed by atoms with Crippen molar-refractivity contribution < 1.29 is 15.0 Å². The number of carbonyl (C=O) groups is 1. The molecule has 2 N–H and O–H groups in total. The molecule has 0 heterocycles. The number of aliphatic carboxylic acids is 1.